The Morgan fingerprint density at radius 3 is 2.45 bits per heavy atom. The number of hydrogen-bond acceptors (Lipinski definition) is 5. The number of rotatable bonds is 4. The fraction of sp³-hybridized carbons (Fsp3) is 0.231. The van der Waals surface area contributed by atoms with Crippen LogP contribution in [0.25, 0.3) is 11.3 Å². The fourth-order valence-electron chi connectivity index (χ4n) is 1.86. The molecule has 0 amide bonds. The van der Waals surface area contributed by atoms with Gasteiger partial charge in [0.05, 0.1) is 19.8 Å². The molecule has 1 N–H and O–H groups in total. The predicted octanol–water partition coefficient (Wildman–Crippen LogP) is 2.50. The molecule has 0 fully saturated rings. The molecule has 0 aliphatic heterocycles. The third kappa shape index (κ3) is 2.18. The van der Waals surface area contributed by atoms with Crippen LogP contribution < -0.4 is 9.47 Å². The standard InChI is InChI=1S/C13H12FNO5/c1-6-4-7(9-5-8(13(16)17)15-20-9)10(14)12(19-3)11(6)18-2/h4-5H,1-3H3,(H,16,17). The number of aromatic carboxylic acids is 1. The van der Waals surface area contributed by atoms with E-state index in [9.17, 15) is 9.18 Å². The van der Waals surface area contributed by atoms with Crippen molar-refractivity contribution in [2.75, 3.05) is 14.2 Å². The van der Waals surface area contributed by atoms with Gasteiger partial charge in [-0.3, -0.25) is 0 Å². The lowest BCUT2D eigenvalue weighted by Gasteiger charge is -2.13. The molecule has 0 aliphatic carbocycles. The monoisotopic (exact) mass is 281 g/mol. The van der Waals surface area contributed by atoms with E-state index in [0.29, 0.717) is 5.56 Å². The van der Waals surface area contributed by atoms with Gasteiger partial charge >= 0.3 is 5.97 Å². The molecular weight excluding hydrogens is 269 g/mol. The molecule has 0 aliphatic rings. The van der Waals surface area contributed by atoms with Gasteiger partial charge in [0.15, 0.2) is 28.8 Å². The second-order valence-corrected chi connectivity index (χ2v) is 4.00. The van der Waals surface area contributed by atoms with E-state index in [0.717, 1.165) is 6.07 Å². The number of carboxylic acids is 1. The van der Waals surface area contributed by atoms with E-state index in [4.69, 9.17) is 19.1 Å². The maximum Gasteiger partial charge on any atom is 0.358 e. The molecule has 2 aromatic rings. The zero-order chi connectivity index (χ0) is 14.9. The molecule has 0 saturated carbocycles. The van der Waals surface area contributed by atoms with Crippen LogP contribution >= 0.6 is 0 Å². The van der Waals surface area contributed by atoms with Crippen molar-refractivity contribution in [3.05, 3.63) is 29.2 Å². The summed E-state index contributed by atoms with van der Waals surface area (Å²) in [5.74, 6) is -1.76. The lowest BCUT2D eigenvalue weighted by molar-refractivity contribution is 0.0686. The quantitative estimate of drug-likeness (QED) is 0.927. The highest BCUT2D eigenvalue weighted by Gasteiger charge is 2.22. The van der Waals surface area contributed by atoms with Crippen LogP contribution in [-0.2, 0) is 0 Å². The van der Waals surface area contributed by atoms with E-state index in [1.807, 2.05) is 0 Å². The summed E-state index contributed by atoms with van der Waals surface area (Å²) in [7, 11) is 2.72. The van der Waals surface area contributed by atoms with Crippen LogP contribution in [0.3, 0.4) is 0 Å². The molecule has 0 saturated heterocycles. The number of carboxylic acid groups (broad SMARTS) is 1. The van der Waals surface area contributed by atoms with Gasteiger partial charge in [-0.1, -0.05) is 5.16 Å². The first-order valence-electron chi connectivity index (χ1n) is 5.61. The van der Waals surface area contributed by atoms with Gasteiger partial charge in [0.25, 0.3) is 0 Å². The minimum absolute atomic E-state index is 0.00366. The largest absolute Gasteiger partial charge is 0.492 e. The number of halogens is 1. The number of aryl methyl sites for hydroxylation is 1. The summed E-state index contributed by atoms with van der Waals surface area (Å²) in [6.45, 7) is 1.71. The predicted molar refractivity (Wildman–Crippen MR) is 66.7 cm³/mol. The van der Waals surface area contributed by atoms with Crippen molar-refractivity contribution in [3.63, 3.8) is 0 Å². The number of methoxy groups -OCH3 is 2. The highest BCUT2D eigenvalue weighted by Crippen LogP contribution is 2.39. The Hall–Kier alpha value is -2.57. The number of nitrogens with zero attached hydrogens (tertiary/aromatic N) is 1. The van der Waals surface area contributed by atoms with Gasteiger partial charge in [0.2, 0.25) is 0 Å². The van der Waals surface area contributed by atoms with Crippen molar-refractivity contribution >= 4 is 5.97 Å². The Labute approximate surface area is 113 Å². The van der Waals surface area contributed by atoms with Crippen molar-refractivity contribution in [2.45, 2.75) is 6.92 Å². The maximum atomic E-state index is 14.4. The molecule has 0 radical (unpaired) electrons. The Kier molecular flexibility index (Phi) is 3.60. The second kappa shape index (κ2) is 5.20. The average Bonchev–Trinajstić information content (AvgIpc) is 2.90. The highest BCUT2D eigenvalue weighted by molar-refractivity contribution is 5.86. The highest BCUT2D eigenvalue weighted by atomic mass is 19.1. The van der Waals surface area contributed by atoms with Crippen LogP contribution in [-0.4, -0.2) is 30.5 Å². The summed E-state index contributed by atoms with van der Waals surface area (Å²) in [4.78, 5) is 10.8. The maximum absolute atomic E-state index is 14.4. The molecule has 0 spiro atoms. The van der Waals surface area contributed by atoms with Crippen LogP contribution in [0, 0.1) is 12.7 Å². The smallest absolute Gasteiger partial charge is 0.358 e. The normalized spacial score (nSPS) is 10.4. The van der Waals surface area contributed by atoms with E-state index in [2.05, 4.69) is 5.16 Å². The molecule has 0 unspecified atom stereocenters. The summed E-state index contributed by atoms with van der Waals surface area (Å²) in [6, 6.07) is 2.62. The molecule has 106 valence electrons. The first-order valence-corrected chi connectivity index (χ1v) is 5.61. The van der Waals surface area contributed by atoms with Crippen molar-refractivity contribution in [1.82, 2.24) is 5.16 Å². The lowest BCUT2D eigenvalue weighted by Crippen LogP contribution is -1.98. The zero-order valence-corrected chi connectivity index (χ0v) is 11.1. The second-order valence-electron chi connectivity index (χ2n) is 4.00. The van der Waals surface area contributed by atoms with Gasteiger partial charge in [0.1, 0.15) is 0 Å². The van der Waals surface area contributed by atoms with Gasteiger partial charge in [-0.25, -0.2) is 9.18 Å². The van der Waals surface area contributed by atoms with Crippen molar-refractivity contribution in [1.29, 1.82) is 0 Å². The minimum atomic E-state index is -1.25. The van der Waals surface area contributed by atoms with Crippen LogP contribution in [0.4, 0.5) is 4.39 Å². The number of ether oxygens (including phenoxy) is 2. The van der Waals surface area contributed by atoms with E-state index < -0.39 is 11.8 Å². The van der Waals surface area contributed by atoms with Gasteiger partial charge < -0.3 is 19.1 Å². The third-order valence-corrected chi connectivity index (χ3v) is 2.76. The van der Waals surface area contributed by atoms with E-state index in [-0.39, 0.29) is 28.5 Å². The first-order chi connectivity index (χ1) is 9.49. The third-order valence-electron chi connectivity index (χ3n) is 2.76. The molecule has 1 heterocycles. The number of benzene rings is 1. The van der Waals surface area contributed by atoms with Gasteiger partial charge in [-0.15, -0.1) is 0 Å². The molecule has 20 heavy (non-hydrogen) atoms. The molecule has 0 atom stereocenters. The molecular formula is C13H12FNO5. The van der Waals surface area contributed by atoms with E-state index in [1.54, 1.807) is 6.92 Å². The molecule has 0 bridgehead atoms. The Bertz CT molecular complexity index is 665. The average molecular weight is 281 g/mol. The Morgan fingerprint density at radius 1 is 1.30 bits per heavy atom. The van der Waals surface area contributed by atoms with Crippen LogP contribution in [0.5, 0.6) is 11.5 Å². The number of aromatic nitrogens is 1. The van der Waals surface area contributed by atoms with E-state index >= 15 is 0 Å². The van der Waals surface area contributed by atoms with Crippen molar-refractivity contribution < 1.29 is 28.3 Å². The van der Waals surface area contributed by atoms with Gasteiger partial charge in [0, 0.05) is 6.07 Å². The number of carbonyl (C=O) groups is 1. The summed E-state index contributed by atoms with van der Waals surface area (Å²) < 4.78 is 29.3. The minimum Gasteiger partial charge on any atom is -0.492 e. The van der Waals surface area contributed by atoms with Crippen molar-refractivity contribution in [2.24, 2.45) is 0 Å². The molecule has 7 heteroatoms. The fourth-order valence-corrected chi connectivity index (χ4v) is 1.86. The Balaban J connectivity index is 2.62. The topological polar surface area (TPSA) is 81.8 Å². The summed E-state index contributed by atoms with van der Waals surface area (Å²) in [5, 5.41) is 12.1. The van der Waals surface area contributed by atoms with Gasteiger partial charge in [-0.2, -0.15) is 0 Å². The number of hydrogen-bond donors (Lipinski definition) is 1. The zero-order valence-electron chi connectivity index (χ0n) is 11.1. The summed E-state index contributed by atoms with van der Waals surface area (Å²) >= 11 is 0. The van der Waals surface area contributed by atoms with Crippen LogP contribution in [0.1, 0.15) is 16.1 Å². The Morgan fingerprint density at radius 2 is 1.95 bits per heavy atom. The lowest BCUT2D eigenvalue weighted by atomic mass is 10.1. The summed E-state index contributed by atoms with van der Waals surface area (Å²) in [5.41, 5.74) is 0.376. The van der Waals surface area contributed by atoms with Gasteiger partial charge in [-0.05, 0) is 18.6 Å². The first kappa shape index (κ1) is 13.9. The van der Waals surface area contributed by atoms with E-state index in [1.165, 1.54) is 20.3 Å². The SMILES string of the molecule is COc1c(C)cc(-c2cc(C(=O)O)no2)c(F)c1OC. The summed E-state index contributed by atoms with van der Waals surface area (Å²) in [6.07, 6.45) is 0. The van der Waals surface area contributed by atoms with Crippen molar-refractivity contribution in [3.8, 4) is 22.8 Å². The van der Waals surface area contributed by atoms with Crippen LogP contribution in [0.2, 0.25) is 0 Å². The molecule has 2 rings (SSSR count). The molecule has 1 aromatic heterocycles. The molecule has 6 nitrogen and oxygen atoms in total. The van der Waals surface area contributed by atoms with Crippen LogP contribution in [0.15, 0.2) is 16.7 Å². The molecule has 1 aromatic carbocycles.